The third-order valence-corrected chi connectivity index (χ3v) is 4.42. The van der Waals surface area contributed by atoms with Crippen LogP contribution in [0.25, 0.3) is 0 Å². The third-order valence-electron chi connectivity index (χ3n) is 3.87. The lowest BCUT2D eigenvalue weighted by Crippen LogP contribution is -2.44. The predicted octanol–water partition coefficient (Wildman–Crippen LogP) is -0.833. The van der Waals surface area contributed by atoms with Gasteiger partial charge in [0.15, 0.2) is 5.72 Å². The van der Waals surface area contributed by atoms with Crippen molar-refractivity contribution in [3.63, 3.8) is 0 Å². The van der Waals surface area contributed by atoms with Crippen LogP contribution >= 0.6 is 7.82 Å². The molecule has 0 aliphatic carbocycles. The van der Waals surface area contributed by atoms with Gasteiger partial charge in [0.25, 0.3) is 5.56 Å². The number of rotatable bonds is 5. The zero-order valence-corrected chi connectivity index (χ0v) is 13.5. The lowest BCUT2D eigenvalue weighted by Gasteiger charge is -2.30. The summed E-state index contributed by atoms with van der Waals surface area (Å²) in [6, 6.07) is 0. The number of H-pyrrole nitrogens is 1. The highest BCUT2D eigenvalue weighted by Crippen LogP contribution is 2.46. The molecular weight excluding hydrogens is 331 g/mol. The summed E-state index contributed by atoms with van der Waals surface area (Å²) in [4.78, 5) is 43.7. The fourth-order valence-electron chi connectivity index (χ4n) is 2.71. The molecule has 0 aromatic carbocycles. The van der Waals surface area contributed by atoms with Crippen molar-refractivity contribution in [2.24, 2.45) is 0 Å². The summed E-state index contributed by atoms with van der Waals surface area (Å²) >= 11 is 0. The number of aromatic nitrogens is 2. The van der Waals surface area contributed by atoms with Crippen molar-refractivity contribution in [1.82, 2.24) is 9.55 Å². The van der Waals surface area contributed by atoms with Gasteiger partial charge >= 0.3 is 13.5 Å². The van der Waals surface area contributed by atoms with E-state index in [0.29, 0.717) is 0 Å². The van der Waals surface area contributed by atoms with E-state index in [9.17, 15) is 19.3 Å². The first-order valence-electron chi connectivity index (χ1n) is 6.97. The van der Waals surface area contributed by atoms with Crippen LogP contribution in [0.4, 0.5) is 0 Å². The Bertz CT molecular complexity index is 737. The van der Waals surface area contributed by atoms with Gasteiger partial charge in [-0.2, -0.15) is 0 Å². The van der Waals surface area contributed by atoms with Gasteiger partial charge in [0.05, 0.1) is 6.61 Å². The van der Waals surface area contributed by atoms with Gasteiger partial charge < -0.3 is 19.6 Å². The van der Waals surface area contributed by atoms with E-state index in [1.807, 2.05) is 0 Å². The molecule has 130 valence electrons. The predicted molar refractivity (Wildman–Crippen MR) is 77.8 cm³/mol. The number of hydrogen-bond donors (Lipinski definition) is 4. The van der Waals surface area contributed by atoms with Crippen molar-refractivity contribution in [2.75, 3.05) is 6.61 Å². The maximum atomic E-state index is 12.1. The van der Waals surface area contributed by atoms with Crippen LogP contribution < -0.4 is 11.2 Å². The quantitative estimate of drug-likeness (QED) is 0.502. The van der Waals surface area contributed by atoms with Crippen molar-refractivity contribution < 1.29 is 28.7 Å². The second-order valence-corrected chi connectivity index (χ2v) is 6.61. The largest absolute Gasteiger partial charge is 0.469 e. The molecule has 23 heavy (non-hydrogen) atoms. The minimum Gasteiger partial charge on any atom is -0.394 e. The molecule has 1 saturated heterocycles. The topological polar surface area (TPSA) is 151 Å². The summed E-state index contributed by atoms with van der Waals surface area (Å²) in [5, 5.41) is 9.37. The standard InChI is InChI=1S/C12H19N2O8P/c1-3-12(14-5-7(2)10(16)13-11(14)17)4-8(9(6-15)21-12)22-23(18,19)20/h5,8-9,15H,3-4,6H2,1-2H3,(H,13,16,17)(H2,18,19,20)/t8-,9+,12+/m0/s1. The van der Waals surface area contributed by atoms with Crippen LogP contribution in [0.3, 0.4) is 0 Å². The number of nitrogens with zero attached hydrogens (tertiary/aromatic N) is 1. The summed E-state index contributed by atoms with van der Waals surface area (Å²) in [6.45, 7) is 2.69. The van der Waals surface area contributed by atoms with Gasteiger partial charge in [-0.05, 0) is 13.3 Å². The summed E-state index contributed by atoms with van der Waals surface area (Å²) < 4.78 is 22.6. The molecule has 0 radical (unpaired) electrons. The van der Waals surface area contributed by atoms with Crippen molar-refractivity contribution >= 4 is 7.82 Å². The molecule has 0 saturated carbocycles. The van der Waals surface area contributed by atoms with Crippen molar-refractivity contribution in [3.8, 4) is 0 Å². The maximum absolute atomic E-state index is 12.1. The number of nitrogens with one attached hydrogen (secondary N) is 1. The second-order valence-electron chi connectivity index (χ2n) is 5.42. The van der Waals surface area contributed by atoms with Crippen LogP contribution in [0.5, 0.6) is 0 Å². The third kappa shape index (κ3) is 3.63. The Kier molecular flexibility index (Phi) is 4.95. The van der Waals surface area contributed by atoms with E-state index >= 15 is 0 Å². The molecule has 0 bridgehead atoms. The van der Waals surface area contributed by atoms with Gasteiger partial charge in [0, 0.05) is 18.2 Å². The molecule has 0 amide bonds. The molecule has 1 aliphatic rings. The Morgan fingerprint density at radius 2 is 2.17 bits per heavy atom. The van der Waals surface area contributed by atoms with Gasteiger partial charge in [-0.3, -0.25) is 18.9 Å². The van der Waals surface area contributed by atoms with Crippen LogP contribution in [-0.4, -0.2) is 43.3 Å². The Hall–Kier alpha value is -1.29. The molecule has 1 aromatic rings. The van der Waals surface area contributed by atoms with E-state index < -0.39 is 43.6 Å². The second kappa shape index (κ2) is 6.31. The number of phosphoric acid groups is 1. The zero-order chi connectivity index (χ0) is 17.4. The lowest BCUT2D eigenvalue weighted by atomic mass is 10.0. The Morgan fingerprint density at radius 1 is 1.52 bits per heavy atom. The van der Waals surface area contributed by atoms with E-state index in [-0.39, 0.29) is 18.4 Å². The number of hydrogen-bond acceptors (Lipinski definition) is 6. The summed E-state index contributed by atoms with van der Waals surface area (Å²) in [7, 11) is -4.79. The van der Waals surface area contributed by atoms with Crippen LogP contribution in [0.15, 0.2) is 15.8 Å². The molecule has 0 unspecified atom stereocenters. The van der Waals surface area contributed by atoms with E-state index in [2.05, 4.69) is 9.51 Å². The minimum atomic E-state index is -4.79. The number of aromatic amines is 1. The molecule has 1 fully saturated rings. The van der Waals surface area contributed by atoms with Crippen LogP contribution in [-0.2, 0) is 19.6 Å². The van der Waals surface area contributed by atoms with E-state index in [0.717, 1.165) is 4.57 Å². The Labute approximate surface area is 130 Å². The first-order chi connectivity index (χ1) is 10.6. The van der Waals surface area contributed by atoms with Crippen LogP contribution in [0.1, 0.15) is 25.3 Å². The minimum absolute atomic E-state index is 0.0643. The molecule has 10 nitrogen and oxygen atoms in total. The molecule has 11 heteroatoms. The Morgan fingerprint density at radius 3 is 2.70 bits per heavy atom. The summed E-state index contributed by atoms with van der Waals surface area (Å²) in [6.07, 6.45) is -0.596. The van der Waals surface area contributed by atoms with Crippen molar-refractivity contribution in [1.29, 1.82) is 0 Å². The molecule has 3 atom stereocenters. The van der Waals surface area contributed by atoms with E-state index in [1.54, 1.807) is 6.92 Å². The first kappa shape index (κ1) is 18.1. The molecule has 1 aliphatic heterocycles. The Balaban J connectivity index is 2.46. The molecule has 1 aromatic heterocycles. The molecule has 4 N–H and O–H groups in total. The van der Waals surface area contributed by atoms with Crippen LogP contribution in [0.2, 0.25) is 0 Å². The fraction of sp³-hybridized carbons (Fsp3) is 0.667. The van der Waals surface area contributed by atoms with Crippen LogP contribution in [0, 0.1) is 6.92 Å². The first-order valence-corrected chi connectivity index (χ1v) is 8.50. The van der Waals surface area contributed by atoms with Crippen molar-refractivity contribution in [3.05, 3.63) is 32.6 Å². The van der Waals surface area contributed by atoms with Gasteiger partial charge in [0.1, 0.15) is 12.2 Å². The van der Waals surface area contributed by atoms with Gasteiger partial charge in [0.2, 0.25) is 0 Å². The normalized spacial score (nSPS) is 28.2. The number of aliphatic hydroxyl groups excluding tert-OH is 1. The van der Waals surface area contributed by atoms with Gasteiger partial charge in [-0.25, -0.2) is 9.36 Å². The monoisotopic (exact) mass is 350 g/mol. The molecular formula is C12H19N2O8P. The average Bonchev–Trinajstić information content (AvgIpc) is 2.79. The summed E-state index contributed by atoms with van der Waals surface area (Å²) in [5.74, 6) is 0. The van der Waals surface area contributed by atoms with E-state index in [4.69, 9.17) is 14.5 Å². The SMILES string of the molecule is CC[C@]1(n2cc(C)c(=O)[nH]c2=O)C[C@H](OP(=O)(O)O)[C@@H](CO)O1. The smallest absolute Gasteiger partial charge is 0.394 e. The lowest BCUT2D eigenvalue weighted by molar-refractivity contribution is -0.121. The number of ether oxygens (including phenoxy) is 1. The fourth-order valence-corrected chi connectivity index (χ4v) is 3.27. The van der Waals surface area contributed by atoms with Crippen molar-refractivity contribution in [2.45, 2.75) is 44.6 Å². The van der Waals surface area contributed by atoms with Gasteiger partial charge in [-0.1, -0.05) is 6.92 Å². The average molecular weight is 350 g/mol. The highest BCUT2D eigenvalue weighted by molar-refractivity contribution is 7.46. The maximum Gasteiger partial charge on any atom is 0.469 e. The van der Waals surface area contributed by atoms with E-state index in [1.165, 1.54) is 13.1 Å². The molecule has 2 rings (SSSR count). The zero-order valence-electron chi connectivity index (χ0n) is 12.6. The number of aryl methyl sites for hydroxylation is 1. The molecule has 2 heterocycles. The highest BCUT2D eigenvalue weighted by atomic mass is 31.2. The summed E-state index contributed by atoms with van der Waals surface area (Å²) in [5.41, 5.74) is -2.24. The number of phosphoric ester groups is 1. The number of aliphatic hydroxyl groups is 1. The molecule has 0 spiro atoms. The van der Waals surface area contributed by atoms with Gasteiger partial charge in [-0.15, -0.1) is 0 Å². The highest BCUT2D eigenvalue weighted by Gasteiger charge is 2.49.